The first-order valence-electron chi connectivity index (χ1n) is 9.16. The zero-order valence-corrected chi connectivity index (χ0v) is 15.8. The largest absolute Gasteiger partial charge is 0.477 e. The first kappa shape index (κ1) is 20.7. The molecule has 2 aromatic carbocycles. The highest BCUT2D eigenvalue weighted by atomic mass is 19.1. The molecule has 0 saturated carbocycles. The van der Waals surface area contributed by atoms with Gasteiger partial charge in [-0.25, -0.2) is 22.4 Å². The Morgan fingerprint density at radius 2 is 1.81 bits per heavy atom. The molecule has 162 valence electrons. The molecule has 11 heteroatoms. The lowest BCUT2D eigenvalue weighted by molar-refractivity contribution is 0.0695. The number of anilines is 2. The number of nitrogens with zero attached hydrogens (tertiary/aromatic N) is 2. The fraction of sp³-hybridized carbons (Fsp3) is 0.200. The molecule has 1 aromatic heterocycles. The Hall–Kier alpha value is -3.60. The predicted molar refractivity (Wildman–Crippen MR) is 106 cm³/mol. The molecule has 0 aliphatic carbocycles. The molecule has 1 aliphatic heterocycles. The summed E-state index contributed by atoms with van der Waals surface area (Å²) in [6, 6.07) is 1.65. The Labute approximate surface area is 172 Å². The maximum atomic E-state index is 15.6. The standard InChI is InChI=1S/C20H16F4N4O3/c21-11-4-12(22)15(5-14(11)26)28-7-10(20(30)31)19(29)9-3-13(23)18(16(24)17(9)28)27-2-1-8(25)6-27/h3-5,7-8H,1-2,6,25-26H2,(H,30,31). The number of aromatic carboxylic acids is 1. The predicted octanol–water partition coefficient (Wildman–Crippen LogP) is 2.36. The molecule has 1 unspecified atom stereocenters. The zero-order valence-electron chi connectivity index (χ0n) is 15.8. The molecule has 0 amide bonds. The molecule has 5 N–H and O–H groups in total. The van der Waals surface area contributed by atoms with Crippen LogP contribution in [0.2, 0.25) is 0 Å². The third-order valence-corrected chi connectivity index (χ3v) is 5.25. The molecule has 0 bridgehead atoms. The topological polar surface area (TPSA) is 115 Å². The molecular formula is C20H16F4N4O3. The van der Waals surface area contributed by atoms with E-state index in [-0.39, 0.29) is 19.1 Å². The van der Waals surface area contributed by atoms with Crippen LogP contribution in [0.15, 0.2) is 29.2 Å². The van der Waals surface area contributed by atoms with Crippen molar-refractivity contribution in [2.75, 3.05) is 23.7 Å². The van der Waals surface area contributed by atoms with Crippen LogP contribution >= 0.6 is 0 Å². The quantitative estimate of drug-likeness (QED) is 0.429. The smallest absolute Gasteiger partial charge is 0.341 e. The SMILES string of the molecule is Nc1cc(-n2cc(C(=O)O)c(=O)c3cc(F)c(N4CCC(N)C4)c(F)c32)c(F)cc1F. The van der Waals surface area contributed by atoms with Crippen molar-refractivity contribution in [1.82, 2.24) is 4.57 Å². The number of benzene rings is 2. The fourth-order valence-corrected chi connectivity index (χ4v) is 3.77. The van der Waals surface area contributed by atoms with Crippen LogP contribution in [0.25, 0.3) is 16.6 Å². The number of hydrogen-bond donors (Lipinski definition) is 3. The van der Waals surface area contributed by atoms with E-state index in [1.54, 1.807) is 0 Å². The number of hydrogen-bond acceptors (Lipinski definition) is 5. The second kappa shape index (κ2) is 7.27. The van der Waals surface area contributed by atoms with Gasteiger partial charge in [0.25, 0.3) is 0 Å². The molecule has 1 aliphatic rings. The summed E-state index contributed by atoms with van der Waals surface area (Å²) in [4.78, 5) is 25.5. The number of aromatic nitrogens is 1. The molecule has 0 radical (unpaired) electrons. The Morgan fingerprint density at radius 1 is 1.10 bits per heavy atom. The minimum absolute atomic E-state index is 0.147. The van der Waals surface area contributed by atoms with Crippen molar-refractivity contribution in [3.8, 4) is 5.69 Å². The van der Waals surface area contributed by atoms with E-state index in [1.807, 2.05) is 0 Å². The van der Waals surface area contributed by atoms with Crippen molar-refractivity contribution in [1.29, 1.82) is 0 Å². The Balaban J connectivity index is 2.14. The number of rotatable bonds is 3. The number of pyridine rings is 1. The van der Waals surface area contributed by atoms with Gasteiger partial charge in [-0.15, -0.1) is 0 Å². The lowest BCUT2D eigenvalue weighted by atomic mass is 10.1. The normalized spacial score (nSPS) is 16.3. The number of carboxylic acid groups (broad SMARTS) is 1. The van der Waals surface area contributed by atoms with E-state index in [4.69, 9.17) is 11.5 Å². The summed E-state index contributed by atoms with van der Waals surface area (Å²) in [5.41, 5.74) is 7.24. The molecule has 2 heterocycles. The first-order chi connectivity index (χ1) is 14.6. The number of nitrogen functional groups attached to an aromatic ring is 1. The number of carbonyl (C=O) groups is 1. The van der Waals surface area contributed by atoms with Crippen molar-refractivity contribution < 1.29 is 27.5 Å². The summed E-state index contributed by atoms with van der Waals surface area (Å²) in [6.07, 6.45) is 1.17. The Kier molecular flexibility index (Phi) is 4.85. The summed E-state index contributed by atoms with van der Waals surface area (Å²) in [5, 5.41) is 8.74. The molecule has 3 aromatic rings. The van der Waals surface area contributed by atoms with Crippen LogP contribution in [0, 0.1) is 23.3 Å². The van der Waals surface area contributed by atoms with Gasteiger partial charge >= 0.3 is 5.97 Å². The van der Waals surface area contributed by atoms with Crippen LogP contribution in [0.1, 0.15) is 16.8 Å². The van der Waals surface area contributed by atoms with Gasteiger partial charge in [0.05, 0.1) is 22.3 Å². The van der Waals surface area contributed by atoms with Gasteiger partial charge in [0.2, 0.25) is 5.43 Å². The van der Waals surface area contributed by atoms with E-state index < -0.39 is 68.2 Å². The molecule has 7 nitrogen and oxygen atoms in total. The van der Waals surface area contributed by atoms with E-state index in [2.05, 4.69) is 0 Å². The Morgan fingerprint density at radius 3 is 2.42 bits per heavy atom. The molecule has 1 saturated heterocycles. The van der Waals surface area contributed by atoms with Crippen LogP contribution in [0.4, 0.5) is 28.9 Å². The maximum Gasteiger partial charge on any atom is 0.341 e. The van der Waals surface area contributed by atoms with Gasteiger partial charge in [0.1, 0.15) is 28.7 Å². The summed E-state index contributed by atoms with van der Waals surface area (Å²) in [5.74, 6) is -6.26. The van der Waals surface area contributed by atoms with Crippen molar-refractivity contribution in [3.63, 3.8) is 0 Å². The molecule has 1 atom stereocenters. The van der Waals surface area contributed by atoms with Gasteiger partial charge in [0, 0.05) is 31.4 Å². The van der Waals surface area contributed by atoms with Gasteiger partial charge in [-0.05, 0) is 18.6 Å². The maximum absolute atomic E-state index is 15.6. The summed E-state index contributed by atoms with van der Waals surface area (Å²) in [7, 11) is 0. The summed E-state index contributed by atoms with van der Waals surface area (Å²) < 4.78 is 59.4. The van der Waals surface area contributed by atoms with E-state index in [9.17, 15) is 27.9 Å². The van der Waals surface area contributed by atoms with Gasteiger partial charge in [-0.3, -0.25) is 4.79 Å². The van der Waals surface area contributed by atoms with Crippen molar-refractivity contribution in [3.05, 3.63) is 63.5 Å². The minimum atomic E-state index is -1.69. The van der Waals surface area contributed by atoms with Crippen molar-refractivity contribution >= 4 is 28.2 Å². The van der Waals surface area contributed by atoms with Gasteiger partial charge in [-0.2, -0.15) is 0 Å². The third kappa shape index (κ3) is 3.26. The number of halogens is 4. The third-order valence-electron chi connectivity index (χ3n) is 5.25. The number of carboxylic acids is 1. The zero-order chi connectivity index (χ0) is 22.6. The van der Waals surface area contributed by atoms with Crippen LogP contribution in [0.5, 0.6) is 0 Å². The van der Waals surface area contributed by atoms with Crippen molar-refractivity contribution in [2.45, 2.75) is 12.5 Å². The highest BCUT2D eigenvalue weighted by Gasteiger charge is 2.29. The highest BCUT2D eigenvalue weighted by Crippen LogP contribution is 2.34. The second-order valence-corrected chi connectivity index (χ2v) is 7.28. The molecule has 4 rings (SSSR count). The highest BCUT2D eigenvalue weighted by molar-refractivity contribution is 5.94. The average Bonchev–Trinajstić information content (AvgIpc) is 3.11. The van der Waals surface area contributed by atoms with Gasteiger partial charge in [0.15, 0.2) is 5.82 Å². The second-order valence-electron chi connectivity index (χ2n) is 7.28. The lowest BCUT2D eigenvalue weighted by Gasteiger charge is -2.22. The van der Waals surface area contributed by atoms with Crippen LogP contribution in [0.3, 0.4) is 0 Å². The molecule has 1 fully saturated rings. The van der Waals surface area contributed by atoms with Crippen LogP contribution < -0.4 is 21.8 Å². The molecule has 31 heavy (non-hydrogen) atoms. The first-order valence-corrected chi connectivity index (χ1v) is 9.16. The lowest BCUT2D eigenvalue weighted by Crippen LogP contribution is -2.28. The molecule has 0 spiro atoms. The average molecular weight is 436 g/mol. The summed E-state index contributed by atoms with van der Waals surface area (Å²) >= 11 is 0. The summed E-state index contributed by atoms with van der Waals surface area (Å²) in [6.45, 7) is 0.393. The van der Waals surface area contributed by atoms with Crippen LogP contribution in [-0.2, 0) is 0 Å². The number of nitrogens with two attached hydrogens (primary N) is 2. The molecular weight excluding hydrogens is 420 g/mol. The van der Waals surface area contributed by atoms with Crippen LogP contribution in [-0.4, -0.2) is 34.8 Å². The monoisotopic (exact) mass is 436 g/mol. The van der Waals surface area contributed by atoms with E-state index in [0.717, 1.165) is 10.6 Å². The minimum Gasteiger partial charge on any atom is -0.477 e. The fourth-order valence-electron chi connectivity index (χ4n) is 3.77. The van der Waals surface area contributed by atoms with E-state index in [1.165, 1.54) is 4.90 Å². The number of fused-ring (bicyclic) bond motifs is 1. The van der Waals surface area contributed by atoms with E-state index >= 15 is 4.39 Å². The van der Waals surface area contributed by atoms with E-state index in [0.29, 0.717) is 24.8 Å². The van der Waals surface area contributed by atoms with Gasteiger partial charge < -0.3 is 26.0 Å². The Bertz CT molecular complexity index is 1310. The van der Waals surface area contributed by atoms with Crippen molar-refractivity contribution in [2.24, 2.45) is 5.73 Å². The van der Waals surface area contributed by atoms with Gasteiger partial charge in [-0.1, -0.05) is 0 Å².